The highest BCUT2D eigenvalue weighted by atomic mass is 17.3. The number of carboxylic acids is 1. The average Bonchev–Trinajstić information content (AvgIpc) is 3.31. The number of aromatic nitrogens is 1. The molecular weight excluding hydrogens is 286 g/mol. The highest BCUT2D eigenvalue weighted by Gasteiger charge is 2.13. The number of hydrogen-bond acceptors (Lipinski definition) is 4. The Kier molecular flexibility index (Phi) is 13.5. The quantitative estimate of drug-likeness (QED) is 0.428. The Morgan fingerprint density at radius 3 is 1.73 bits per heavy atom. The zero-order valence-electron chi connectivity index (χ0n) is 14.0. The van der Waals surface area contributed by atoms with Gasteiger partial charge in [-0.15, -0.1) is 9.36 Å². The first-order chi connectivity index (χ1) is 10.6. The van der Waals surface area contributed by atoms with E-state index in [-0.39, 0.29) is 5.91 Å². The lowest BCUT2D eigenvalue weighted by Crippen LogP contribution is -2.00. The number of carboxylic acid groups (broad SMARTS) is 1. The molecule has 1 rings (SSSR count). The second-order valence-electron chi connectivity index (χ2n) is 5.52. The van der Waals surface area contributed by atoms with E-state index in [1.807, 2.05) is 0 Å². The van der Waals surface area contributed by atoms with Gasteiger partial charge >= 0.3 is 11.9 Å². The van der Waals surface area contributed by atoms with Crippen LogP contribution >= 0.6 is 0 Å². The molecule has 0 fully saturated rings. The monoisotopic (exact) mass is 317 g/mol. The van der Waals surface area contributed by atoms with Crippen molar-refractivity contribution in [1.82, 2.24) is 4.91 Å². The lowest BCUT2D eigenvalue weighted by atomic mass is 10.1. The highest BCUT2D eigenvalue weighted by molar-refractivity contribution is 5.75. The predicted molar refractivity (Wildman–Crippen MR) is 84.0 cm³/mol. The minimum absolute atomic E-state index is 0.0708. The summed E-state index contributed by atoms with van der Waals surface area (Å²) < 4.78 is 8.53. The molecule has 0 amide bonds. The lowest BCUT2D eigenvalue weighted by molar-refractivity contribution is -0.137. The van der Waals surface area contributed by atoms with Crippen molar-refractivity contribution in [2.75, 3.05) is 0 Å². The van der Waals surface area contributed by atoms with E-state index in [0.717, 1.165) is 37.0 Å². The molecule has 0 radical (unpaired) electrons. The zero-order valence-corrected chi connectivity index (χ0v) is 14.0. The number of rotatable bonds is 12. The fraction of sp³-hybridized carbons (Fsp3) is 0.875. The summed E-state index contributed by atoms with van der Waals surface area (Å²) in [5.41, 5.74) is 0. The van der Waals surface area contributed by atoms with Crippen LogP contribution in [0.5, 0.6) is 0 Å². The fourth-order valence-electron chi connectivity index (χ4n) is 1.95. The minimum Gasteiger partial charge on any atom is -0.481 e. The van der Waals surface area contributed by atoms with Crippen LogP contribution in [0.2, 0.25) is 0 Å². The van der Waals surface area contributed by atoms with Crippen LogP contribution < -0.4 is 0 Å². The van der Waals surface area contributed by atoms with Crippen LogP contribution in [-0.2, 0) is 4.79 Å². The third-order valence-electron chi connectivity index (χ3n) is 3.34. The molecule has 0 unspecified atom stereocenters. The molecule has 0 aliphatic heterocycles. The largest absolute Gasteiger partial charge is 0.481 e. The summed E-state index contributed by atoms with van der Waals surface area (Å²) in [5, 5.41) is 8.14. The third kappa shape index (κ3) is 14.9. The van der Waals surface area contributed by atoms with Gasteiger partial charge in [-0.3, -0.25) is 9.59 Å². The van der Waals surface area contributed by atoms with Crippen molar-refractivity contribution in [3.05, 3.63) is 0 Å². The SMILES string of the molecule is CCCCCC(=O)O.CCCCCCCCCC(=O)n1oo1. The Hall–Kier alpha value is -1.46. The summed E-state index contributed by atoms with van der Waals surface area (Å²) >= 11 is 0. The number of carbonyl (C=O) groups is 2. The van der Waals surface area contributed by atoms with E-state index >= 15 is 0 Å². The average molecular weight is 317 g/mol. The van der Waals surface area contributed by atoms with Gasteiger partial charge in [-0.1, -0.05) is 65.2 Å². The summed E-state index contributed by atoms with van der Waals surface area (Å²) in [7, 11) is 0. The standard InChI is InChI=1S/C10H19NO3.C6H12O2/c1-2-3-4-5-6-7-8-9-10(12)11-13-14-11;1-2-3-4-5-6(7)8/h2-9H2,1H3;2-5H2,1H3,(H,7,8). The van der Waals surface area contributed by atoms with Crippen LogP contribution in [0.4, 0.5) is 0 Å². The molecule has 1 heterocycles. The lowest BCUT2D eigenvalue weighted by Gasteiger charge is -1.98. The number of unbranched alkanes of at least 4 members (excludes halogenated alkanes) is 8. The summed E-state index contributed by atoms with van der Waals surface area (Å²) in [4.78, 5) is 21.8. The van der Waals surface area contributed by atoms with Crippen LogP contribution in [-0.4, -0.2) is 21.9 Å². The van der Waals surface area contributed by atoms with E-state index in [9.17, 15) is 9.59 Å². The number of aliphatic carboxylic acids is 1. The molecule has 22 heavy (non-hydrogen) atoms. The summed E-state index contributed by atoms with van der Waals surface area (Å²) in [5.74, 6) is -0.753. The van der Waals surface area contributed by atoms with Crippen LogP contribution in [0.3, 0.4) is 0 Å². The van der Waals surface area contributed by atoms with Crippen molar-refractivity contribution in [2.24, 2.45) is 0 Å². The summed E-state index contributed by atoms with van der Waals surface area (Å²) in [6, 6.07) is 0. The first kappa shape index (κ1) is 20.5. The highest BCUT2D eigenvalue weighted by Crippen LogP contribution is 2.09. The van der Waals surface area contributed by atoms with Gasteiger partial charge in [0.1, 0.15) is 0 Å². The molecule has 6 nitrogen and oxygen atoms in total. The van der Waals surface area contributed by atoms with Crippen molar-refractivity contribution in [3.63, 3.8) is 0 Å². The number of nitrogens with zero attached hydrogens (tertiary/aromatic N) is 1. The zero-order chi connectivity index (χ0) is 16.6. The third-order valence-corrected chi connectivity index (χ3v) is 3.34. The maximum atomic E-state index is 11.0. The molecule has 0 aliphatic rings. The second kappa shape index (κ2) is 14.5. The Morgan fingerprint density at radius 2 is 1.23 bits per heavy atom. The van der Waals surface area contributed by atoms with Gasteiger partial charge in [0.15, 0.2) is 0 Å². The summed E-state index contributed by atoms with van der Waals surface area (Å²) in [6.07, 6.45) is 12.3. The Balaban J connectivity index is 0.000000472. The Labute approximate surface area is 132 Å². The van der Waals surface area contributed by atoms with Gasteiger partial charge in [-0.05, 0) is 12.8 Å². The van der Waals surface area contributed by atoms with Gasteiger partial charge in [-0.2, -0.15) is 0 Å². The molecule has 1 aromatic rings. The topological polar surface area (TPSA) is 85.6 Å². The van der Waals surface area contributed by atoms with Gasteiger partial charge in [0, 0.05) is 12.8 Å². The molecule has 0 spiro atoms. The molecule has 6 heteroatoms. The molecule has 0 atom stereocenters. The molecule has 1 aromatic heterocycles. The maximum absolute atomic E-state index is 11.0. The van der Waals surface area contributed by atoms with E-state index in [4.69, 9.17) is 5.11 Å². The van der Waals surface area contributed by atoms with Gasteiger partial charge in [0.25, 0.3) is 0 Å². The first-order valence-electron chi connectivity index (χ1n) is 8.51. The number of carbonyl (C=O) groups excluding carboxylic acids is 1. The van der Waals surface area contributed by atoms with Crippen LogP contribution in [0.1, 0.15) is 95.7 Å². The Morgan fingerprint density at radius 1 is 0.773 bits per heavy atom. The molecular formula is C16H31NO5. The smallest absolute Gasteiger partial charge is 0.305 e. The molecule has 0 saturated carbocycles. The van der Waals surface area contributed by atoms with E-state index in [0.29, 0.717) is 12.8 Å². The van der Waals surface area contributed by atoms with Crippen LogP contribution in [0.15, 0.2) is 9.36 Å². The van der Waals surface area contributed by atoms with Crippen molar-refractivity contribution in [1.29, 1.82) is 0 Å². The first-order valence-corrected chi connectivity index (χ1v) is 8.51. The van der Waals surface area contributed by atoms with Crippen molar-refractivity contribution >= 4 is 11.9 Å². The molecule has 0 bridgehead atoms. The molecule has 1 N–H and O–H groups in total. The van der Waals surface area contributed by atoms with E-state index < -0.39 is 5.97 Å². The maximum Gasteiger partial charge on any atom is 0.305 e. The van der Waals surface area contributed by atoms with E-state index in [1.54, 1.807) is 0 Å². The minimum atomic E-state index is -0.682. The predicted octanol–water partition coefficient (Wildman–Crippen LogP) is 5.11. The van der Waals surface area contributed by atoms with Crippen LogP contribution in [0, 0.1) is 0 Å². The van der Waals surface area contributed by atoms with Crippen molar-refractivity contribution in [2.45, 2.75) is 90.9 Å². The molecule has 0 aromatic carbocycles. The van der Waals surface area contributed by atoms with Gasteiger partial charge in [-0.25, -0.2) is 0 Å². The van der Waals surface area contributed by atoms with Crippen LogP contribution in [0.25, 0.3) is 0 Å². The second-order valence-corrected chi connectivity index (χ2v) is 5.52. The van der Waals surface area contributed by atoms with E-state index in [2.05, 4.69) is 23.2 Å². The van der Waals surface area contributed by atoms with Gasteiger partial charge in [0.05, 0.1) is 4.91 Å². The van der Waals surface area contributed by atoms with Crippen molar-refractivity contribution < 1.29 is 24.1 Å². The van der Waals surface area contributed by atoms with Gasteiger partial charge in [0.2, 0.25) is 0 Å². The number of hydrogen-bond donors (Lipinski definition) is 1. The normalized spacial score (nSPS) is 10.3. The fourth-order valence-corrected chi connectivity index (χ4v) is 1.95. The Bertz CT molecular complexity index is 356. The molecule has 130 valence electrons. The molecule has 0 saturated heterocycles. The van der Waals surface area contributed by atoms with Gasteiger partial charge < -0.3 is 5.11 Å². The molecule has 0 aliphatic carbocycles. The van der Waals surface area contributed by atoms with Crippen molar-refractivity contribution in [3.8, 4) is 0 Å². The van der Waals surface area contributed by atoms with E-state index in [1.165, 1.54) is 32.1 Å². The summed E-state index contributed by atoms with van der Waals surface area (Å²) in [6.45, 7) is 4.27.